The Morgan fingerprint density at radius 3 is 3.25 bits per heavy atom. The van der Waals surface area contributed by atoms with Crippen LogP contribution in [-0.4, -0.2) is 17.4 Å². The Morgan fingerprint density at radius 1 is 1.56 bits per heavy atom. The van der Waals surface area contributed by atoms with Gasteiger partial charge in [0.15, 0.2) is 12.0 Å². The molecule has 0 radical (unpaired) electrons. The lowest BCUT2D eigenvalue weighted by molar-refractivity contribution is -0.120. The number of nitrogens with zero attached hydrogens (tertiary/aromatic N) is 1. The molecule has 1 aromatic carbocycles. The number of benzene rings is 1. The van der Waals surface area contributed by atoms with Gasteiger partial charge in [-0.3, -0.25) is 4.79 Å². The molecule has 2 aromatic rings. The van der Waals surface area contributed by atoms with Crippen LogP contribution in [0.3, 0.4) is 0 Å². The molecule has 0 fully saturated rings. The summed E-state index contributed by atoms with van der Waals surface area (Å²) in [6.45, 7) is 4.03. The molecule has 0 spiro atoms. The molecule has 2 rings (SSSR count). The fourth-order valence-electron chi connectivity index (χ4n) is 1.44. The molecule has 0 bridgehead atoms. The Labute approximate surface area is 93.0 Å². The van der Waals surface area contributed by atoms with Crippen LogP contribution in [0.25, 0.3) is 11.1 Å². The van der Waals surface area contributed by atoms with E-state index in [1.54, 1.807) is 6.08 Å². The summed E-state index contributed by atoms with van der Waals surface area (Å²) in [5, 5.41) is 2.72. The highest BCUT2D eigenvalue weighted by molar-refractivity contribution is 5.80. The van der Waals surface area contributed by atoms with Gasteiger partial charge in [0.2, 0.25) is 5.91 Å². The third-order valence-electron chi connectivity index (χ3n) is 2.20. The van der Waals surface area contributed by atoms with E-state index in [1.165, 1.54) is 6.39 Å². The van der Waals surface area contributed by atoms with E-state index >= 15 is 0 Å². The first-order valence-electron chi connectivity index (χ1n) is 4.99. The number of carbonyl (C=O) groups excluding carboxylic acids is 1. The number of carbonyl (C=O) groups is 1. The number of nitrogens with one attached hydrogen (secondary N) is 1. The zero-order chi connectivity index (χ0) is 11.4. The van der Waals surface area contributed by atoms with E-state index in [4.69, 9.17) is 4.42 Å². The predicted molar refractivity (Wildman–Crippen MR) is 60.9 cm³/mol. The summed E-state index contributed by atoms with van der Waals surface area (Å²) >= 11 is 0. The molecule has 0 saturated heterocycles. The molecule has 0 aliphatic rings. The SMILES string of the molecule is C=CCNC(=O)Cc1ccc2ncoc2c1. The number of aromatic nitrogens is 1. The fourth-order valence-corrected chi connectivity index (χ4v) is 1.44. The zero-order valence-electron chi connectivity index (χ0n) is 8.77. The van der Waals surface area contributed by atoms with Crippen LogP contribution in [0.4, 0.5) is 0 Å². The molecule has 82 valence electrons. The van der Waals surface area contributed by atoms with Crippen molar-refractivity contribution >= 4 is 17.0 Å². The van der Waals surface area contributed by atoms with E-state index in [9.17, 15) is 4.79 Å². The van der Waals surface area contributed by atoms with E-state index < -0.39 is 0 Å². The number of fused-ring (bicyclic) bond motifs is 1. The molecular formula is C12H12N2O2. The lowest BCUT2D eigenvalue weighted by atomic mass is 10.1. The van der Waals surface area contributed by atoms with Gasteiger partial charge in [0.05, 0.1) is 6.42 Å². The van der Waals surface area contributed by atoms with Gasteiger partial charge < -0.3 is 9.73 Å². The summed E-state index contributed by atoms with van der Waals surface area (Å²) < 4.78 is 5.16. The predicted octanol–water partition coefficient (Wildman–Crippen LogP) is 1.67. The summed E-state index contributed by atoms with van der Waals surface area (Å²) in [7, 11) is 0. The number of rotatable bonds is 4. The quantitative estimate of drug-likeness (QED) is 0.791. The average molecular weight is 216 g/mol. The zero-order valence-corrected chi connectivity index (χ0v) is 8.77. The Kier molecular flexibility index (Phi) is 3.00. The maximum atomic E-state index is 11.4. The Balaban J connectivity index is 2.08. The van der Waals surface area contributed by atoms with Gasteiger partial charge in [-0.05, 0) is 17.7 Å². The van der Waals surface area contributed by atoms with Gasteiger partial charge in [-0.1, -0.05) is 12.1 Å². The van der Waals surface area contributed by atoms with Gasteiger partial charge in [0, 0.05) is 6.54 Å². The second kappa shape index (κ2) is 4.61. The van der Waals surface area contributed by atoms with E-state index in [0.29, 0.717) is 18.5 Å². The molecular weight excluding hydrogens is 204 g/mol. The van der Waals surface area contributed by atoms with Crippen molar-refractivity contribution in [3.63, 3.8) is 0 Å². The van der Waals surface area contributed by atoms with Gasteiger partial charge in [0.25, 0.3) is 0 Å². The summed E-state index contributed by atoms with van der Waals surface area (Å²) in [6, 6.07) is 5.54. The van der Waals surface area contributed by atoms with Crippen molar-refractivity contribution in [2.24, 2.45) is 0 Å². The third-order valence-corrected chi connectivity index (χ3v) is 2.20. The Morgan fingerprint density at radius 2 is 2.44 bits per heavy atom. The summed E-state index contributed by atoms with van der Waals surface area (Å²) in [4.78, 5) is 15.4. The fraction of sp³-hybridized carbons (Fsp3) is 0.167. The van der Waals surface area contributed by atoms with E-state index in [2.05, 4.69) is 16.9 Å². The van der Waals surface area contributed by atoms with Crippen molar-refractivity contribution < 1.29 is 9.21 Å². The van der Waals surface area contributed by atoms with E-state index in [0.717, 1.165) is 11.1 Å². The highest BCUT2D eigenvalue weighted by Gasteiger charge is 2.04. The van der Waals surface area contributed by atoms with Crippen LogP contribution in [0, 0.1) is 0 Å². The van der Waals surface area contributed by atoms with Crippen LogP contribution in [0.1, 0.15) is 5.56 Å². The van der Waals surface area contributed by atoms with Gasteiger partial charge in [-0.25, -0.2) is 4.98 Å². The molecule has 1 amide bonds. The summed E-state index contributed by atoms with van der Waals surface area (Å²) in [6.07, 6.45) is 3.38. The highest BCUT2D eigenvalue weighted by atomic mass is 16.3. The standard InChI is InChI=1S/C12H12N2O2/c1-2-5-13-12(15)7-9-3-4-10-11(6-9)16-8-14-10/h2-4,6,8H,1,5,7H2,(H,13,15). The van der Waals surface area contributed by atoms with E-state index in [1.807, 2.05) is 18.2 Å². The molecule has 0 atom stereocenters. The van der Waals surface area contributed by atoms with Crippen molar-refractivity contribution in [1.82, 2.24) is 10.3 Å². The first-order valence-corrected chi connectivity index (χ1v) is 4.99. The molecule has 0 saturated carbocycles. The molecule has 0 unspecified atom stereocenters. The van der Waals surface area contributed by atoms with Crippen LogP contribution < -0.4 is 5.32 Å². The molecule has 1 N–H and O–H groups in total. The van der Waals surface area contributed by atoms with Crippen molar-refractivity contribution in [3.05, 3.63) is 42.8 Å². The van der Waals surface area contributed by atoms with Gasteiger partial charge >= 0.3 is 0 Å². The van der Waals surface area contributed by atoms with Crippen molar-refractivity contribution in [2.45, 2.75) is 6.42 Å². The van der Waals surface area contributed by atoms with Crippen LogP contribution in [-0.2, 0) is 11.2 Å². The largest absolute Gasteiger partial charge is 0.443 e. The highest BCUT2D eigenvalue weighted by Crippen LogP contribution is 2.14. The lowest BCUT2D eigenvalue weighted by Crippen LogP contribution is -2.24. The smallest absolute Gasteiger partial charge is 0.224 e. The maximum absolute atomic E-state index is 11.4. The van der Waals surface area contributed by atoms with Gasteiger partial charge in [-0.15, -0.1) is 6.58 Å². The third kappa shape index (κ3) is 2.28. The molecule has 1 heterocycles. The monoisotopic (exact) mass is 216 g/mol. The van der Waals surface area contributed by atoms with Crippen molar-refractivity contribution in [3.8, 4) is 0 Å². The van der Waals surface area contributed by atoms with E-state index in [-0.39, 0.29) is 5.91 Å². The second-order valence-electron chi connectivity index (χ2n) is 3.42. The molecule has 0 aliphatic heterocycles. The minimum Gasteiger partial charge on any atom is -0.443 e. The van der Waals surface area contributed by atoms with Gasteiger partial charge in [0.1, 0.15) is 5.52 Å². The molecule has 1 aromatic heterocycles. The minimum atomic E-state index is -0.0289. The van der Waals surface area contributed by atoms with Crippen molar-refractivity contribution in [2.75, 3.05) is 6.54 Å². The lowest BCUT2D eigenvalue weighted by Gasteiger charge is -2.01. The minimum absolute atomic E-state index is 0.0289. The maximum Gasteiger partial charge on any atom is 0.224 e. The van der Waals surface area contributed by atoms with Crippen LogP contribution in [0.2, 0.25) is 0 Å². The second-order valence-corrected chi connectivity index (χ2v) is 3.42. The van der Waals surface area contributed by atoms with Crippen molar-refractivity contribution in [1.29, 1.82) is 0 Å². The van der Waals surface area contributed by atoms with Crippen LogP contribution >= 0.6 is 0 Å². The van der Waals surface area contributed by atoms with Crippen LogP contribution in [0.5, 0.6) is 0 Å². The Hall–Kier alpha value is -2.10. The van der Waals surface area contributed by atoms with Crippen LogP contribution in [0.15, 0.2) is 41.7 Å². The molecule has 4 nitrogen and oxygen atoms in total. The number of hydrogen-bond donors (Lipinski definition) is 1. The molecule has 4 heteroatoms. The number of amides is 1. The summed E-state index contributed by atoms with van der Waals surface area (Å²) in [5.41, 5.74) is 2.41. The molecule has 16 heavy (non-hydrogen) atoms. The normalized spacial score (nSPS) is 10.2. The van der Waals surface area contributed by atoms with Gasteiger partial charge in [-0.2, -0.15) is 0 Å². The average Bonchev–Trinajstić information content (AvgIpc) is 2.73. The summed E-state index contributed by atoms with van der Waals surface area (Å²) in [5.74, 6) is -0.0289. The number of oxazole rings is 1. The topological polar surface area (TPSA) is 55.1 Å². The first-order chi connectivity index (χ1) is 7.79. The Bertz CT molecular complexity index is 516. The first kappa shape index (κ1) is 10.4. The molecule has 0 aliphatic carbocycles. The number of hydrogen-bond acceptors (Lipinski definition) is 3.